The Kier molecular flexibility index (Phi) is 3.16. The van der Waals surface area contributed by atoms with Crippen molar-refractivity contribution in [2.75, 3.05) is 11.9 Å². The first-order valence-electron chi connectivity index (χ1n) is 6.31. The zero-order valence-corrected chi connectivity index (χ0v) is 11.9. The van der Waals surface area contributed by atoms with E-state index in [0.717, 1.165) is 22.6 Å². The van der Waals surface area contributed by atoms with Crippen LogP contribution < -0.4 is 5.32 Å². The Bertz CT molecular complexity index is 560. The van der Waals surface area contributed by atoms with Gasteiger partial charge in [0, 0.05) is 6.54 Å². The number of thiophene rings is 1. The number of rotatable bonds is 3. The van der Waals surface area contributed by atoms with Crippen LogP contribution >= 0.6 is 22.9 Å². The molecule has 1 fully saturated rings. The van der Waals surface area contributed by atoms with Crippen LogP contribution in [0.3, 0.4) is 0 Å². The summed E-state index contributed by atoms with van der Waals surface area (Å²) in [6, 6.07) is 2.05. The molecular formula is C13H16ClN3S. The van der Waals surface area contributed by atoms with Crippen LogP contribution in [0.4, 0.5) is 5.82 Å². The molecule has 1 aliphatic carbocycles. The van der Waals surface area contributed by atoms with Gasteiger partial charge in [-0.25, -0.2) is 9.97 Å². The van der Waals surface area contributed by atoms with E-state index >= 15 is 0 Å². The van der Waals surface area contributed by atoms with Gasteiger partial charge in [0.2, 0.25) is 5.28 Å². The van der Waals surface area contributed by atoms with Gasteiger partial charge in [0.05, 0.1) is 5.39 Å². The van der Waals surface area contributed by atoms with E-state index in [2.05, 4.69) is 28.3 Å². The van der Waals surface area contributed by atoms with E-state index in [-0.39, 0.29) is 0 Å². The second kappa shape index (κ2) is 4.67. The summed E-state index contributed by atoms with van der Waals surface area (Å²) < 4.78 is 0. The fourth-order valence-electron chi connectivity index (χ4n) is 2.67. The van der Waals surface area contributed by atoms with Crippen molar-refractivity contribution in [3.63, 3.8) is 0 Å². The quantitative estimate of drug-likeness (QED) is 0.851. The molecule has 2 heterocycles. The lowest BCUT2D eigenvalue weighted by Gasteiger charge is -2.24. The summed E-state index contributed by atoms with van der Waals surface area (Å²) in [4.78, 5) is 9.49. The van der Waals surface area contributed by atoms with Crippen molar-refractivity contribution in [3.8, 4) is 0 Å². The minimum Gasteiger partial charge on any atom is -0.369 e. The first kappa shape index (κ1) is 12.2. The van der Waals surface area contributed by atoms with Gasteiger partial charge in [0.25, 0.3) is 0 Å². The molecule has 1 N–H and O–H groups in total. The van der Waals surface area contributed by atoms with Crippen LogP contribution in [0.15, 0.2) is 11.4 Å². The molecule has 0 unspecified atom stereocenters. The second-order valence-electron chi connectivity index (χ2n) is 5.35. The van der Waals surface area contributed by atoms with Crippen molar-refractivity contribution in [2.45, 2.75) is 32.6 Å². The summed E-state index contributed by atoms with van der Waals surface area (Å²) in [5.41, 5.74) is 0.403. The fourth-order valence-corrected chi connectivity index (χ4v) is 3.65. The number of fused-ring (bicyclic) bond motifs is 1. The maximum absolute atomic E-state index is 5.96. The van der Waals surface area contributed by atoms with Crippen LogP contribution in [0.25, 0.3) is 10.2 Å². The van der Waals surface area contributed by atoms with Crippen molar-refractivity contribution < 1.29 is 0 Å². The summed E-state index contributed by atoms with van der Waals surface area (Å²) >= 11 is 7.55. The summed E-state index contributed by atoms with van der Waals surface area (Å²) in [5.74, 6) is 0.874. The van der Waals surface area contributed by atoms with Gasteiger partial charge in [-0.15, -0.1) is 11.3 Å². The number of anilines is 1. The Morgan fingerprint density at radius 3 is 2.94 bits per heavy atom. The molecule has 2 aromatic heterocycles. The van der Waals surface area contributed by atoms with Crippen LogP contribution in [-0.2, 0) is 0 Å². The number of nitrogens with zero attached hydrogens (tertiary/aromatic N) is 2. The highest BCUT2D eigenvalue weighted by molar-refractivity contribution is 7.16. The van der Waals surface area contributed by atoms with Gasteiger partial charge in [-0.2, -0.15) is 0 Å². The molecule has 18 heavy (non-hydrogen) atoms. The highest BCUT2D eigenvalue weighted by Crippen LogP contribution is 2.38. The van der Waals surface area contributed by atoms with Gasteiger partial charge in [0.1, 0.15) is 10.6 Å². The Morgan fingerprint density at radius 1 is 1.39 bits per heavy atom. The largest absolute Gasteiger partial charge is 0.369 e. The molecule has 3 rings (SSSR count). The highest BCUT2D eigenvalue weighted by Gasteiger charge is 2.28. The monoisotopic (exact) mass is 281 g/mol. The number of hydrogen-bond donors (Lipinski definition) is 1. The zero-order chi connectivity index (χ0) is 12.6. The van der Waals surface area contributed by atoms with Crippen LogP contribution in [0.5, 0.6) is 0 Å². The second-order valence-corrected chi connectivity index (χ2v) is 6.58. The first-order chi connectivity index (χ1) is 8.66. The predicted octanol–water partition coefficient (Wildman–Crippen LogP) is 4.34. The SMILES string of the molecule is CC1(CNc2nc(Cl)nc3sccc23)CCCC1. The summed E-state index contributed by atoms with van der Waals surface area (Å²) in [7, 11) is 0. The smallest absolute Gasteiger partial charge is 0.225 e. The van der Waals surface area contributed by atoms with E-state index in [1.807, 2.05) is 5.38 Å². The average Bonchev–Trinajstić information content (AvgIpc) is 2.95. The van der Waals surface area contributed by atoms with E-state index in [1.54, 1.807) is 11.3 Å². The number of aromatic nitrogens is 2. The van der Waals surface area contributed by atoms with Crippen molar-refractivity contribution in [1.29, 1.82) is 0 Å². The third kappa shape index (κ3) is 2.31. The third-order valence-electron chi connectivity index (χ3n) is 3.79. The van der Waals surface area contributed by atoms with Gasteiger partial charge in [-0.05, 0) is 41.3 Å². The highest BCUT2D eigenvalue weighted by atomic mass is 35.5. The van der Waals surface area contributed by atoms with Crippen molar-refractivity contribution in [2.24, 2.45) is 5.41 Å². The number of nitrogens with one attached hydrogen (secondary N) is 1. The van der Waals surface area contributed by atoms with Crippen LogP contribution in [0.1, 0.15) is 32.6 Å². The molecule has 1 aliphatic rings. The Balaban J connectivity index is 1.83. The van der Waals surface area contributed by atoms with Crippen LogP contribution in [0, 0.1) is 5.41 Å². The summed E-state index contributed by atoms with van der Waals surface area (Å²) in [6.07, 6.45) is 5.28. The van der Waals surface area contributed by atoms with E-state index in [9.17, 15) is 0 Å². The molecule has 1 saturated carbocycles. The summed E-state index contributed by atoms with van der Waals surface area (Å²) in [6.45, 7) is 3.31. The molecule has 0 spiro atoms. The summed E-state index contributed by atoms with van der Waals surface area (Å²) in [5, 5.41) is 6.89. The molecule has 0 aliphatic heterocycles. The van der Waals surface area contributed by atoms with Gasteiger partial charge < -0.3 is 5.32 Å². The average molecular weight is 282 g/mol. The molecule has 0 amide bonds. The lowest BCUT2D eigenvalue weighted by atomic mass is 9.89. The standard InChI is InChI=1S/C13H16ClN3S/c1-13(5-2-3-6-13)8-15-10-9-4-7-18-11(9)17-12(14)16-10/h4,7H,2-3,5-6,8H2,1H3,(H,15,16,17). The predicted molar refractivity (Wildman–Crippen MR) is 77.5 cm³/mol. The van der Waals surface area contributed by atoms with Gasteiger partial charge in [0.15, 0.2) is 0 Å². The molecule has 96 valence electrons. The van der Waals surface area contributed by atoms with Crippen molar-refractivity contribution >= 4 is 39.0 Å². The molecule has 0 atom stereocenters. The van der Waals surface area contributed by atoms with Crippen LogP contribution in [0.2, 0.25) is 5.28 Å². The molecule has 2 aromatic rings. The molecule has 0 bridgehead atoms. The van der Waals surface area contributed by atoms with Gasteiger partial charge in [-0.1, -0.05) is 19.8 Å². The van der Waals surface area contributed by atoms with E-state index in [0.29, 0.717) is 10.7 Å². The molecular weight excluding hydrogens is 266 g/mol. The number of hydrogen-bond acceptors (Lipinski definition) is 4. The molecule has 0 radical (unpaired) electrons. The molecule has 0 aromatic carbocycles. The van der Waals surface area contributed by atoms with Crippen LogP contribution in [-0.4, -0.2) is 16.5 Å². The fraction of sp³-hybridized carbons (Fsp3) is 0.538. The maximum atomic E-state index is 5.96. The Morgan fingerprint density at radius 2 is 2.17 bits per heavy atom. The normalized spacial score (nSPS) is 18.3. The minimum absolute atomic E-state index is 0.323. The van der Waals surface area contributed by atoms with Gasteiger partial charge in [-0.3, -0.25) is 0 Å². The van der Waals surface area contributed by atoms with E-state index < -0.39 is 0 Å². The van der Waals surface area contributed by atoms with Gasteiger partial charge >= 0.3 is 0 Å². The van der Waals surface area contributed by atoms with Crippen molar-refractivity contribution in [1.82, 2.24) is 9.97 Å². The molecule has 0 saturated heterocycles. The molecule has 3 nitrogen and oxygen atoms in total. The Labute approximate surface area is 116 Å². The Hall–Kier alpha value is -0.870. The third-order valence-corrected chi connectivity index (χ3v) is 4.77. The lowest BCUT2D eigenvalue weighted by molar-refractivity contribution is 0.362. The lowest BCUT2D eigenvalue weighted by Crippen LogP contribution is -2.23. The number of halogens is 1. The first-order valence-corrected chi connectivity index (χ1v) is 7.57. The zero-order valence-electron chi connectivity index (χ0n) is 10.4. The maximum Gasteiger partial charge on any atom is 0.225 e. The van der Waals surface area contributed by atoms with Crippen molar-refractivity contribution in [3.05, 3.63) is 16.7 Å². The topological polar surface area (TPSA) is 37.8 Å². The van der Waals surface area contributed by atoms with E-state index in [1.165, 1.54) is 25.7 Å². The molecule has 5 heteroatoms. The minimum atomic E-state index is 0.323. The van der Waals surface area contributed by atoms with E-state index in [4.69, 9.17) is 11.6 Å².